The van der Waals surface area contributed by atoms with Crippen molar-refractivity contribution in [3.05, 3.63) is 22.4 Å². The van der Waals surface area contributed by atoms with Gasteiger partial charge in [0.25, 0.3) is 0 Å². The molecule has 2 fully saturated rings. The van der Waals surface area contributed by atoms with Gasteiger partial charge in [0.05, 0.1) is 25.2 Å². The van der Waals surface area contributed by atoms with Gasteiger partial charge in [-0.2, -0.15) is 0 Å². The molecule has 1 aromatic heterocycles. The maximum atomic E-state index is 12.4. The third kappa shape index (κ3) is 4.31. The van der Waals surface area contributed by atoms with E-state index in [0.717, 1.165) is 26.3 Å². The minimum atomic E-state index is -0.110. The molecular weight excluding hydrogens is 314 g/mol. The molecule has 0 unspecified atom stereocenters. The first-order chi connectivity index (χ1) is 11.2. The predicted octanol–water partition coefficient (Wildman–Crippen LogP) is 0.764. The summed E-state index contributed by atoms with van der Waals surface area (Å²) >= 11 is 1.72. The Morgan fingerprint density at radius 2 is 2.30 bits per heavy atom. The molecule has 3 heterocycles. The van der Waals surface area contributed by atoms with Crippen LogP contribution < -0.4 is 10.6 Å². The molecule has 7 heteroatoms. The molecule has 3 rings (SSSR count). The fraction of sp³-hybridized carbons (Fsp3) is 0.625. The normalized spacial score (nSPS) is 24.0. The van der Waals surface area contributed by atoms with E-state index < -0.39 is 0 Å². The Kier molecular flexibility index (Phi) is 5.64. The summed E-state index contributed by atoms with van der Waals surface area (Å²) in [6.07, 6.45) is 1.08. The number of piperidine rings is 1. The van der Waals surface area contributed by atoms with E-state index in [1.54, 1.807) is 11.3 Å². The lowest BCUT2D eigenvalue weighted by atomic mass is 9.98. The average Bonchev–Trinajstić information content (AvgIpc) is 3.11. The molecule has 6 nitrogen and oxygen atoms in total. The molecule has 0 saturated carbocycles. The molecule has 2 saturated heterocycles. The van der Waals surface area contributed by atoms with Gasteiger partial charge in [0.15, 0.2) is 0 Å². The monoisotopic (exact) mass is 337 g/mol. The van der Waals surface area contributed by atoms with E-state index in [4.69, 9.17) is 4.74 Å². The van der Waals surface area contributed by atoms with E-state index in [2.05, 4.69) is 27.0 Å². The summed E-state index contributed by atoms with van der Waals surface area (Å²) in [6.45, 7) is 4.31. The third-order valence-electron chi connectivity index (χ3n) is 4.46. The Bertz CT molecular complexity index is 519. The van der Waals surface area contributed by atoms with Gasteiger partial charge in [-0.3, -0.25) is 14.5 Å². The number of nitrogens with zero attached hydrogens (tertiary/aromatic N) is 1. The second kappa shape index (κ2) is 7.90. The second-order valence-electron chi connectivity index (χ2n) is 5.96. The van der Waals surface area contributed by atoms with Crippen LogP contribution in [0.3, 0.4) is 0 Å². The topological polar surface area (TPSA) is 70.7 Å². The number of nitrogens with one attached hydrogen (secondary N) is 2. The van der Waals surface area contributed by atoms with Gasteiger partial charge in [-0.15, -0.1) is 11.3 Å². The number of carbonyl (C=O) groups excluding carboxylic acids is 2. The summed E-state index contributed by atoms with van der Waals surface area (Å²) in [5.41, 5.74) is 0. The summed E-state index contributed by atoms with van der Waals surface area (Å²) < 4.78 is 5.43. The van der Waals surface area contributed by atoms with Crippen molar-refractivity contribution in [2.75, 3.05) is 39.4 Å². The van der Waals surface area contributed by atoms with Crippen LogP contribution in [0, 0.1) is 5.92 Å². The minimum Gasteiger partial charge on any atom is -0.379 e. The zero-order chi connectivity index (χ0) is 16.1. The molecule has 1 aromatic rings. The number of hydrogen-bond donors (Lipinski definition) is 2. The van der Waals surface area contributed by atoms with Crippen molar-refractivity contribution in [2.45, 2.75) is 18.9 Å². The molecule has 2 aliphatic heterocycles. The summed E-state index contributed by atoms with van der Waals surface area (Å²) in [5.74, 6) is -0.0278. The van der Waals surface area contributed by atoms with E-state index in [1.807, 2.05) is 6.07 Å². The van der Waals surface area contributed by atoms with E-state index >= 15 is 0 Å². The van der Waals surface area contributed by atoms with Crippen LogP contribution >= 0.6 is 11.3 Å². The molecule has 2 aliphatic rings. The maximum absolute atomic E-state index is 12.4. The average molecular weight is 337 g/mol. The number of morpholine rings is 1. The minimum absolute atomic E-state index is 0.0406. The van der Waals surface area contributed by atoms with E-state index in [0.29, 0.717) is 25.9 Å². The Balaban J connectivity index is 1.57. The molecule has 2 N–H and O–H groups in total. The van der Waals surface area contributed by atoms with Crippen LogP contribution in [0.5, 0.6) is 0 Å². The second-order valence-corrected chi connectivity index (χ2v) is 6.94. The highest BCUT2D eigenvalue weighted by atomic mass is 32.1. The third-order valence-corrected chi connectivity index (χ3v) is 5.44. The summed E-state index contributed by atoms with van der Waals surface area (Å²) in [7, 11) is 0. The smallest absolute Gasteiger partial charge is 0.224 e. The van der Waals surface area contributed by atoms with E-state index in [1.165, 1.54) is 4.88 Å². The summed E-state index contributed by atoms with van der Waals surface area (Å²) in [6, 6.07) is 4.37. The molecule has 0 spiro atoms. The fourth-order valence-electron chi connectivity index (χ4n) is 3.08. The highest BCUT2D eigenvalue weighted by molar-refractivity contribution is 7.10. The van der Waals surface area contributed by atoms with Crippen molar-refractivity contribution >= 4 is 23.2 Å². The first kappa shape index (κ1) is 16.4. The van der Waals surface area contributed by atoms with E-state index in [-0.39, 0.29) is 23.8 Å². The number of ether oxygens (including phenoxy) is 1. The summed E-state index contributed by atoms with van der Waals surface area (Å²) in [5, 5.41) is 7.92. The lowest BCUT2D eigenvalue weighted by Crippen LogP contribution is -2.47. The van der Waals surface area contributed by atoms with Gasteiger partial charge in [0, 0.05) is 37.5 Å². The van der Waals surface area contributed by atoms with Crippen molar-refractivity contribution in [3.63, 3.8) is 0 Å². The van der Waals surface area contributed by atoms with Gasteiger partial charge >= 0.3 is 0 Å². The maximum Gasteiger partial charge on any atom is 0.224 e. The van der Waals surface area contributed by atoms with Crippen LogP contribution in [-0.4, -0.2) is 56.1 Å². The lowest BCUT2D eigenvalue weighted by Gasteiger charge is -2.34. The SMILES string of the molecule is O=C1CC[C@H](C(=O)NC[C@H](c2cccs2)N2CCOCC2)CN1. The zero-order valence-corrected chi connectivity index (χ0v) is 13.9. The van der Waals surface area contributed by atoms with Crippen molar-refractivity contribution in [1.29, 1.82) is 0 Å². The Hall–Kier alpha value is -1.44. The highest BCUT2D eigenvalue weighted by Crippen LogP contribution is 2.25. The van der Waals surface area contributed by atoms with Crippen molar-refractivity contribution in [3.8, 4) is 0 Å². The van der Waals surface area contributed by atoms with E-state index in [9.17, 15) is 9.59 Å². The van der Waals surface area contributed by atoms with Gasteiger partial charge in [0.1, 0.15) is 0 Å². The zero-order valence-electron chi connectivity index (χ0n) is 13.1. The number of hydrogen-bond acceptors (Lipinski definition) is 5. The predicted molar refractivity (Wildman–Crippen MR) is 88.2 cm³/mol. The number of carbonyl (C=O) groups is 2. The van der Waals surface area contributed by atoms with Crippen molar-refractivity contribution < 1.29 is 14.3 Å². The molecule has 0 radical (unpaired) electrons. The molecule has 126 valence electrons. The van der Waals surface area contributed by atoms with Crippen molar-refractivity contribution in [2.24, 2.45) is 5.92 Å². The van der Waals surface area contributed by atoms with Gasteiger partial charge in [-0.05, 0) is 17.9 Å². The number of thiophene rings is 1. The van der Waals surface area contributed by atoms with Gasteiger partial charge in [0.2, 0.25) is 11.8 Å². The van der Waals surface area contributed by atoms with Gasteiger partial charge < -0.3 is 15.4 Å². The molecule has 0 aromatic carbocycles. The number of amides is 2. The fourth-order valence-corrected chi connectivity index (χ4v) is 3.94. The Labute approximate surface area is 140 Å². The Morgan fingerprint density at radius 1 is 1.48 bits per heavy atom. The van der Waals surface area contributed by atoms with Gasteiger partial charge in [-0.25, -0.2) is 0 Å². The quantitative estimate of drug-likeness (QED) is 0.832. The van der Waals surface area contributed by atoms with Crippen LogP contribution in [0.2, 0.25) is 0 Å². The van der Waals surface area contributed by atoms with Crippen LogP contribution in [0.15, 0.2) is 17.5 Å². The van der Waals surface area contributed by atoms with Crippen LogP contribution in [0.1, 0.15) is 23.8 Å². The Morgan fingerprint density at radius 3 is 2.96 bits per heavy atom. The van der Waals surface area contributed by atoms with Crippen LogP contribution in [-0.2, 0) is 14.3 Å². The molecule has 23 heavy (non-hydrogen) atoms. The van der Waals surface area contributed by atoms with Gasteiger partial charge in [-0.1, -0.05) is 6.07 Å². The first-order valence-corrected chi connectivity index (χ1v) is 9.01. The molecular formula is C16H23N3O3S. The first-order valence-electron chi connectivity index (χ1n) is 8.13. The van der Waals surface area contributed by atoms with Crippen LogP contribution in [0.25, 0.3) is 0 Å². The highest BCUT2D eigenvalue weighted by Gasteiger charge is 2.27. The molecule has 0 aliphatic carbocycles. The largest absolute Gasteiger partial charge is 0.379 e. The lowest BCUT2D eigenvalue weighted by molar-refractivity contribution is -0.129. The molecule has 2 amide bonds. The number of rotatable bonds is 5. The van der Waals surface area contributed by atoms with Crippen LogP contribution in [0.4, 0.5) is 0 Å². The molecule has 0 bridgehead atoms. The standard InChI is InChI=1S/C16H23N3O3S/c20-15-4-3-12(10-17-15)16(21)18-11-13(14-2-1-9-23-14)19-5-7-22-8-6-19/h1-2,9,12-13H,3-8,10-11H2,(H,17,20)(H,18,21)/t12-,13+/m0/s1. The summed E-state index contributed by atoms with van der Waals surface area (Å²) in [4.78, 5) is 27.2. The molecule has 2 atom stereocenters. The van der Waals surface area contributed by atoms with Crippen molar-refractivity contribution in [1.82, 2.24) is 15.5 Å².